The number of amides is 3. The summed E-state index contributed by atoms with van der Waals surface area (Å²) in [5.74, 6) is -0.106. The first-order chi connectivity index (χ1) is 13.1. The van der Waals surface area contributed by atoms with Gasteiger partial charge in [-0.25, -0.2) is 4.79 Å². The molecule has 2 aromatic rings. The molecule has 0 saturated carbocycles. The van der Waals surface area contributed by atoms with E-state index in [1.165, 1.54) is 0 Å². The number of carbonyl (C=O) groups is 2. The highest BCUT2D eigenvalue weighted by molar-refractivity contribution is 6.33. The van der Waals surface area contributed by atoms with Gasteiger partial charge in [-0.2, -0.15) is 0 Å². The Morgan fingerprint density at radius 2 is 1.59 bits per heavy atom. The Morgan fingerprint density at radius 3 is 2.30 bits per heavy atom. The van der Waals surface area contributed by atoms with Crippen molar-refractivity contribution in [2.24, 2.45) is 0 Å². The molecular weight excluding hydrogens is 364 g/mol. The number of piperazine rings is 1. The second-order valence-electron chi connectivity index (χ2n) is 6.44. The number of carbonyl (C=O) groups excluding carboxylic acids is 2. The Balaban J connectivity index is 1.40. The first kappa shape index (κ1) is 19.2. The number of benzene rings is 2. The van der Waals surface area contributed by atoms with Crippen molar-refractivity contribution in [3.63, 3.8) is 0 Å². The van der Waals surface area contributed by atoms with Gasteiger partial charge in [0.2, 0.25) is 5.91 Å². The zero-order valence-electron chi connectivity index (χ0n) is 15.0. The van der Waals surface area contributed by atoms with Crippen LogP contribution in [0.4, 0.5) is 10.5 Å². The number of anilines is 1. The maximum Gasteiger partial charge on any atom is 0.317 e. The van der Waals surface area contributed by atoms with Crippen molar-refractivity contribution in [1.82, 2.24) is 15.1 Å². The lowest BCUT2D eigenvalue weighted by molar-refractivity contribution is -0.117. The monoisotopic (exact) mass is 386 g/mol. The van der Waals surface area contributed by atoms with Gasteiger partial charge in [0, 0.05) is 32.7 Å². The quantitative estimate of drug-likeness (QED) is 0.830. The van der Waals surface area contributed by atoms with Crippen molar-refractivity contribution in [1.29, 1.82) is 0 Å². The van der Waals surface area contributed by atoms with Crippen molar-refractivity contribution >= 4 is 29.2 Å². The van der Waals surface area contributed by atoms with Crippen molar-refractivity contribution in [3.8, 4) is 0 Å². The summed E-state index contributed by atoms with van der Waals surface area (Å²) < 4.78 is 0. The molecule has 2 aromatic carbocycles. The van der Waals surface area contributed by atoms with Crippen LogP contribution in [-0.2, 0) is 11.3 Å². The van der Waals surface area contributed by atoms with E-state index >= 15 is 0 Å². The standard InChI is InChI=1S/C20H23ClN4O2/c21-17-8-4-5-9-18(17)23-19(26)15-24-10-12-25(13-11-24)20(27)22-14-16-6-2-1-3-7-16/h1-9H,10-15H2,(H,22,27)(H,23,26). The van der Waals surface area contributed by atoms with Crippen LogP contribution in [0.5, 0.6) is 0 Å². The Bertz CT molecular complexity index is 777. The van der Waals surface area contributed by atoms with Gasteiger partial charge in [-0.15, -0.1) is 0 Å². The van der Waals surface area contributed by atoms with Crippen molar-refractivity contribution < 1.29 is 9.59 Å². The van der Waals surface area contributed by atoms with Crippen LogP contribution in [0.15, 0.2) is 54.6 Å². The molecule has 1 fully saturated rings. The highest BCUT2D eigenvalue weighted by Gasteiger charge is 2.22. The van der Waals surface area contributed by atoms with E-state index in [9.17, 15) is 9.59 Å². The van der Waals surface area contributed by atoms with Gasteiger partial charge < -0.3 is 15.5 Å². The van der Waals surface area contributed by atoms with E-state index in [1.54, 1.807) is 17.0 Å². The van der Waals surface area contributed by atoms with E-state index < -0.39 is 0 Å². The molecule has 142 valence electrons. The third-order valence-corrected chi connectivity index (χ3v) is 4.79. The number of rotatable bonds is 5. The van der Waals surface area contributed by atoms with Crippen LogP contribution in [0.3, 0.4) is 0 Å². The van der Waals surface area contributed by atoms with Crippen LogP contribution in [0.1, 0.15) is 5.56 Å². The number of nitrogens with zero attached hydrogens (tertiary/aromatic N) is 2. The number of para-hydroxylation sites is 1. The maximum atomic E-state index is 12.3. The molecule has 2 N–H and O–H groups in total. The third kappa shape index (κ3) is 5.70. The minimum absolute atomic E-state index is 0.0704. The lowest BCUT2D eigenvalue weighted by Gasteiger charge is -2.34. The van der Waals surface area contributed by atoms with Crippen LogP contribution >= 0.6 is 11.6 Å². The van der Waals surface area contributed by atoms with Gasteiger partial charge in [0.05, 0.1) is 17.3 Å². The zero-order chi connectivity index (χ0) is 19.1. The number of nitrogens with one attached hydrogen (secondary N) is 2. The van der Waals surface area contributed by atoms with Gasteiger partial charge in [0.15, 0.2) is 0 Å². The molecule has 1 heterocycles. The average molecular weight is 387 g/mol. The lowest BCUT2D eigenvalue weighted by Crippen LogP contribution is -2.52. The van der Waals surface area contributed by atoms with Crippen molar-refractivity contribution in [3.05, 3.63) is 65.2 Å². The Kier molecular flexibility index (Phi) is 6.68. The van der Waals surface area contributed by atoms with Crippen LogP contribution in [0, 0.1) is 0 Å². The summed E-state index contributed by atoms with van der Waals surface area (Å²) >= 11 is 6.06. The van der Waals surface area contributed by atoms with Crippen LogP contribution in [0.2, 0.25) is 5.02 Å². The first-order valence-electron chi connectivity index (χ1n) is 8.95. The summed E-state index contributed by atoms with van der Waals surface area (Å²) in [5, 5.41) is 6.28. The molecular formula is C20H23ClN4O2. The SMILES string of the molecule is O=C(CN1CCN(C(=O)NCc2ccccc2)CC1)Nc1ccccc1Cl. The van der Waals surface area contributed by atoms with E-state index in [4.69, 9.17) is 11.6 Å². The van der Waals surface area contributed by atoms with Crippen molar-refractivity contribution in [2.45, 2.75) is 6.54 Å². The molecule has 0 unspecified atom stereocenters. The fourth-order valence-corrected chi connectivity index (χ4v) is 3.13. The minimum Gasteiger partial charge on any atom is -0.334 e. The summed E-state index contributed by atoms with van der Waals surface area (Å²) in [5.41, 5.74) is 1.68. The summed E-state index contributed by atoms with van der Waals surface area (Å²) in [6.45, 7) is 3.31. The Morgan fingerprint density at radius 1 is 0.926 bits per heavy atom. The van der Waals surface area contributed by atoms with Crippen LogP contribution in [0.25, 0.3) is 0 Å². The molecule has 3 amide bonds. The van der Waals surface area contributed by atoms with Gasteiger partial charge in [0.1, 0.15) is 0 Å². The molecule has 1 aliphatic rings. The molecule has 1 saturated heterocycles. The number of urea groups is 1. The van der Waals surface area contributed by atoms with E-state index in [0.717, 1.165) is 5.56 Å². The zero-order valence-corrected chi connectivity index (χ0v) is 15.8. The van der Waals surface area contributed by atoms with Gasteiger partial charge in [-0.3, -0.25) is 9.69 Å². The Labute approximate surface area is 164 Å². The molecule has 7 heteroatoms. The van der Waals surface area contributed by atoms with Gasteiger partial charge in [0.25, 0.3) is 0 Å². The molecule has 0 aromatic heterocycles. The molecule has 0 spiro atoms. The van der Waals surface area contributed by atoms with E-state index in [1.807, 2.05) is 47.4 Å². The largest absolute Gasteiger partial charge is 0.334 e. The smallest absolute Gasteiger partial charge is 0.317 e. The second-order valence-corrected chi connectivity index (χ2v) is 6.84. The molecule has 1 aliphatic heterocycles. The number of hydrogen-bond donors (Lipinski definition) is 2. The summed E-state index contributed by atoms with van der Waals surface area (Å²) in [6, 6.07) is 16.9. The fourth-order valence-electron chi connectivity index (χ4n) is 2.95. The molecule has 0 aliphatic carbocycles. The summed E-state index contributed by atoms with van der Waals surface area (Å²) in [6.07, 6.45) is 0. The van der Waals surface area contributed by atoms with Crippen LogP contribution < -0.4 is 10.6 Å². The summed E-state index contributed by atoms with van der Waals surface area (Å²) in [4.78, 5) is 28.3. The molecule has 0 atom stereocenters. The topological polar surface area (TPSA) is 64.7 Å². The van der Waals surface area contributed by atoms with Gasteiger partial charge >= 0.3 is 6.03 Å². The van der Waals surface area contributed by atoms with Gasteiger partial charge in [-0.05, 0) is 17.7 Å². The second kappa shape index (κ2) is 9.39. The highest BCUT2D eigenvalue weighted by atomic mass is 35.5. The third-order valence-electron chi connectivity index (χ3n) is 4.46. The molecule has 27 heavy (non-hydrogen) atoms. The molecule has 3 rings (SSSR count). The normalized spacial score (nSPS) is 14.6. The number of hydrogen-bond acceptors (Lipinski definition) is 3. The molecule has 0 radical (unpaired) electrons. The predicted octanol–water partition coefficient (Wildman–Crippen LogP) is 2.81. The highest BCUT2D eigenvalue weighted by Crippen LogP contribution is 2.20. The molecule has 6 nitrogen and oxygen atoms in total. The van der Waals surface area contributed by atoms with Crippen molar-refractivity contribution in [2.75, 3.05) is 38.0 Å². The minimum atomic E-state index is -0.106. The lowest BCUT2D eigenvalue weighted by atomic mass is 10.2. The van der Waals surface area contributed by atoms with E-state index in [0.29, 0.717) is 43.4 Å². The number of halogens is 1. The first-order valence-corrected chi connectivity index (χ1v) is 9.33. The van der Waals surface area contributed by atoms with E-state index in [2.05, 4.69) is 10.6 Å². The summed E-state index contributed by atoms with van der Waals surface area (Å²) in [7, 11) is 0. The molecule has 0 bridgehead atoms. The van der Waals surface area contributed by atoms with Crippen LogP contribution in [-0.4, -0.2) is 54.5 Å². The average Bonchev–Trinajstić information content (AvgIpc) is 2.69. The maximum absolute atomic E-state index is 12.3. The Hall–Kier alpha value is -2.57. The van der Waals surface area contributed by atoms with Gasteiger partial charge in [-0.1, -0.05) is 54.1 Å². The fraction of sp³-hybridized carbons (Fsp3) is 0.300. The van der Waals surface area contributed by atoms with E-state index in [-0.39, 0.29) is 18.5 Å². The predicted molar refractivity (Wildman–Crippen MR) is 107 cm³/mol.